The summed E-state index contributed by atoms with van der Waals surface area (Å²) < 4.78 is 43.9. The fourth-order valence-corrected chi connectivity index (χ4v) is 2.13. The van der Waals surface area contributed by atoms with Gasteiger partial charge in [-0.3, -0.25) is 0 Å². The zero-order chi connectivity index (χ0) is 13.3. The van der Waals surface area contributed by atoms with E-state index in [9.17, 15) is 18.0 Å². The maximum absolute atomic E-state index is 13.1. The molecule has 1 atom stereocenters. The van der Waals surface area contributed by atoms with E-state index in [2.05, 4.69) is 11.3 Å². The molecule has 0 aromatic rings. The van der Waals surface area contributed by atoms with Crippen LogP contribution in [0.2, 0.25) is 0 Å². The van der Waals surface area contributed by atoms with Crippen LogP contribution in [0.3, 0.4) is 0 Å². The summed E-state index contributed by atoms with van der Waals surface area (Å²) in [5, 5.41) is 0. The van der Waals surface area contributed by atoms with Crippen molar-refractivity contribution in [3.05, 3.63) is 12.2 Å². The van der Waals surface area contributed by atoms with E-state index in [1.54, 1.807) is 0 Å². The second-order valence-electron chi connectivity index (χ2n) is 4.76. The van der Waals surface area contributed by atoms with E-state index in [0.29, 0.717) is 12.8 Å². The molecule has 1 aliphatic rings. The molecule has 2 nitrogen and oxygen atoms in total. The summed E-state index contributed by atoms with van der Waals surface area (Å²) in [7, 11) is 0. The van der Waals surface area contributed by atoms with Crippen LogP contribution in [0, 0.1) is 5.92 Å². The van der Waals surface area contributed by atoms with E-state index in [4.69, 9.17) is 0 Å². The molecule has 1 unspecified atom stereocenters. The molecule has 0 aromatic carbocycles. The molecule has 17 heavy (non-hydrogen) atoms. The largest absolute Gasteiger partial charge is 0.446 e. The third-order valence-corrected chi connectivity index (χ3v) is 3.35. The molecule has 0 spiro atoms. The lowest BCUT2D eigenvalue weighted by Crippen LogP contribution is -2.51. The average Bonchev–Trinajstić information content (AvgIpc) is 2.68. The average molecular weight is 250 g/mol. The molecule has 0 saturated heterocycles. The minimum Gasteiger partial charge on any atom is -0.446 e. The van der Waals surface area contributed by atoms with Crippen molar-refractivity contribution >= 4 is 5.97 Å². The number of rotatable bonds is 3. The quantitative estimate of drug-likeness (QED) is 0.565. The highest BCUT2D eigenvalue weighted by Gasteiger charge is 2.59. The van der Waals surface area contributed by atoms with Crippen LogP contribution in [0.25, 0.3) is 0 Å². The number of alkyl halides is 3. The van der Waals surface area contributed by atoms with E-state index in [1.165, 1.54) is 6.92 Å². The lowest BCUT2D eigenvalue weighted by atomic mass is 9.86. The summed E-state index contributed by atoms with van der Waals surface area (Å²) in [5.74, 6) is -1.62. The van der Waals surface area contributed by atoms with Gasteiger partial charge in [0.15, 0.2) is 0 Å². The Hall–Kier alpha value is -1.00. The summed E-state index contributed by atoms with van der Waals surface area (Å²) >= 11 is 0. The zero-order valence-corrected chi connectivity index (χ0v) is 10.1. The molecule has 1 rings (SSSR count). The fraction of sp³-hybridized carbons (Fsp3) is 0.750. The van der Waals surface area contributed by atoms with Crippen LogP contribution in [-0.2, 0) is 9.53 Å². The first-order chi connectivity index (χ1) is 7.68. The van der Waals surface area contributed by atoms with Gasteiger partial charge in [-0.1, -0.05) is 19.4 Å². The molecule has 98 valence electrons. The summed E-state index contributed by atoms with van der Waals surface area (Å²) in [6, 6.07) is 0. The van der Waals surface area contributed by atoms with E-state index in [-0.39, 0.29) is 5.57 Å². The lowest BCUT2D eigenvalue weighted by Gasteiger charge is -2.36. The van der Waals surface area contributed by atoms with Crippen LogP contribution >= 0.6 is 0 Å². The first-order valence-electron chi connectivity index (χ1n) is 5.64. The summed E-state index contributed by atoms with van der Waals surface area (Å²) in [5.41, 5.74) is -2.40. The van der Waals surface area contributed by atoms with Crippen LogP contribution in [-0.4, -0.2) is 17.7 Å². The molecule has 0 aliphatic heterocycles. The first-order valence-corrected chi connectivity index (χ1v) is 5.64. The Kier molecular flexibility index (Phi) is 3.89. The molecule has 0 heterocycles. The van der Waals surface area contributed by atoms with Gasteiger partial charge in [0.1, 0.15) is 0 Å². The lowest BCUT2D eigenvalue weighted by molar-refractivity contribution is -0.278. The number of hydrogen-bond acceptors (Lipinski definition) is 2. The maximum atomic E-state index is 13.1. The van der Waals surface area contributed by atoms with E-state index >= 15 is 0 Å². The molecule has 0 N–H and O–H groups in total. The highest BCUT2D eigenvalue weighted by Crippen LogP contribution is 2.46. The Morgan fingerprint density at radius 3 is 2.12 bits per heavy atom. The maximum Gasteiger partial charge on any atom is 0.428 e. The fourth-order valence-electron chi connectivity index (χ4n) is 2.13. The molecule has 5 heteroatoms. The van der Waals surface area contributed by atoms with Gasteiger partial charge in [0.2, 0.25) is 5.60 Å². The van der Waals surface area contributed by atoms with E-state index in [0.717, 1.165) is 19.8 Å². The van der Waals surface area contributed by atoms with Crippen LogP contribution in [0.4, 0.5) is 13.2 Å². The van der Waals surface area contributed by atoms with E-state index in [1.807, 2.05) is 0 Å². The van der Waals surface area contributed by atoms with Gasteiger partial charge in [0.05, 0.1) is 0 Å². The molecule has 1 aliphatic carbocycles. The first kappa shape index (κ1) is 14.1. The van der Waals surface area contributed by atoms with Gasteiger partial charge >= 0.3 is 12.1 Å². The Labute approximate surface area is 98.8 Å². The normalized spacial score (nSPS) is 21.0. The van der Waals surface area contributed by atoms with Gasteiger partial charge in [-0.15, -0.1) is 0 Å². The summed E-state index contributed by atoms with van der Waals surface area (Å²) in [4.78, 5) is 11.3. The van der Waals surface area contributed by atoms with Gasteiger partial charge in [0, 0.05) is 11.5 Å². The number of ether oxygens (including phenoxy) is 1. The molecular formula is C12H17F3O2. The minimum absolute atomic E-state index is 0.0153. The van der Waals surface area contributed by atoms with Crippen molar-refractivity contribution in [3.8, 4) is 0 Å². The number of halogens is 3. The number of hydrogen-bond donors (Lipinski definition) is 0. The third-order valence-electron chi connectivity index (χ3n) is 3.35. The van der Waals surface area contributed by atoms with Crippen molar-refractivity contribution < 1.29 is 22.7 Å². The van der Waals surface area contributed by atoms with Gasteiger partial charge in [-0.25, -0.2) is 4.79 Å². The highest BCUT2D eigenvalue weighted by molar-refractivity contribution is 5.87. The van der Waals surface area contributed by atoms with Gasteiger partial charge in [-0.05, 0) is 26.7 Å². The van der Waals surface area contributed by atoms with Gasteiger partial charge in [-0.2, -0.15) is 13.2 Å². The molecule has 0 bridgehead atoms. The smallest absolute Gasteiger partial charge is 0.428 e. The van der Waals surface area contributed by atoms with Crippen LogP contribution < -0.4 is 0 Å². The van der Waals surface area contributed by atoms with E-state index < -0.39 is 23.7 Å². The molecular weight excluding hydrogens is 233 g/mol. The topological polar surface area (TPSA) is 26.3 Å². The number of carbonyl (C=O) groups is 1. The molecule has 0 amide bonds. The molecule has 1 saturated carbocycles. The van der Waals surface area contributed by atoms with Crippen molar-refractivity contribution in [3.63, 3.8) is 0 Å². The monoisotopic (exact) mass is 250 g/mol. The van der Waals surface area contributed by atoms with Gasteiger partial charge < -0.3 is 4.74 Å². The minimum atomic E-state index is -4.55. The van der Waals surface area contributed by atoms with Crippen LogP contribution in [0.1, 0.15) is 39.5 Å². The Balaban J connectivity index is 2.93. The molecule has 0 radical (unpaired) electrons. The van der Waals surface area contributed by atoms with Crippen molar-refractivity contribution in [2.24, 2.45) is 5.92 Å². The second kappa shape index (κ2) is 4.70. The predicted octanol–water partition coefficient (Wildman–Crippen LogP) is 3.62. The Morgan fingerprint density at radius 2 is 1.76 bits per heavy atom. The summed E-state index contributed by atoms with van der Waals surface area (Å²) in [6.07, 6.45) is -2.16. The van der Waals surface area contributed by atoms with Gasteiger partial charge in [0.25, 0.3) is 0 Å². The van der Waals surface area contributed by atoms with Crippen molar-refractivity contribution in [1.82, 2.24) is 0 Å². The van der Waals surface area contributed by atoms with Crippen LogP contribution in [0.5, 0.6) is 0 Å². The van der Waals surface area contributed by atoms with Crippen molar-refractivity contribution in [2.75, 3.05) is 0 Å². The highest BCUT2D eigenvalue weighted by atomic mass is 19.4. The predicted molar refractivity (Wildman–Crippen MR) is 57.3 cm³/mol. The van der Waals surface area contributed by atoms with Crippen molar-refractivity contribution in [2.45, 2.75) is 51.3 Å². The van der Waals surface area contributed by atoms with Crippen LogP contribution in [0.15, 0.2) is 12.2 Å². The zero-order valence-electron chi connectivity index (χ0n) is 10.1. The second-order valence-corrected chi connectivity index (χ2v) is 4.76. The van der Waals surface area contributed by atoms with Crippen molar-refractivity contribution in [1.29, 1.82) is 0 Å². The third kappa shape index (κ3) is 2.82. The SMILES string of the molecule is C=C(C)C(=O)OC(C)(C1CCCC1)C(F)(F)F. The summed E-state index contributed by atoms with van der Waals surface area (Å²) in [6.45, 7) is 5.61. The Morgan fingerprint density at radius 1 is 1.29 bits per heavy atom. The molecule has 0 aromatic heterocycles. The number of carbonyl (C=O) groups excluding carboxylic acids is 1. The Bertz CT molecular complexity index is 316. The standard InChI is InChI=1S/C12H17F3O2/c1-8(2)10(16)17-11(3,12(13,14)15)9-6-4-5-7-9/h9H,1,4-7H2,2-3H3. The number of esters is 1. The molecule has 1 fully saturated rings.